The summed E-state index contributed by atoms with van der Waals surface area (Å²) in [6.45, 7) is 1.48. The molecule has 0 fully saturated rings. The van der Waals surface area contributed by atoms with Gasteiger partial charge in [-0.05, 0) is 18.6 Å². The summed E-state index contributed by atoms with van der Waals surface area (Å²) in [5, 5.41) is 2.13. The van der Waals surface area contributed by atoms with Crippen LogP contribution in [0, 0.1) is 0 Å². The van der Waals surface area contributed by atoms with Crippen molar-refractivity contribution < 1.29 is 26.4 Å². The summed E-state index contributed by atoms with van der Waals surface area (Å²) in [6, 6.07) is 4.54. The molecule has 0 heterocycles. The molecule has 23 heavy (non-hydrogen) atoms. The van der Waals surface area contributed by atoms with E-state index >= 15 is 0 Å². The van der Waals surface area contributed by atoms with E-state index in [1.54, 1.807) is 0 Å². The van der Waals surface area contributed by atoms with Gasteiger partial charge in [-0.2, -0.15) is 17.5 Å². The molecule has 0 saturated heterocycles. The number of rotatable bonds is 7. The summed E-state index contributed by atoms with van der Waals surface area (Å²) in [5.41, 5.74) is -1.37. The fraction of sp³-hybridized carbons (Fsp3) is 0.500. The predicted molar refractivity (Wildman–Crippen MR) is 81.4 cm³/mol. The van der Waals surface area contributed by atoms with Gasteiger partial charge in [0.2, 0.25) is 15.9 Å². The standard InChI is InChI=1S/C14H19F3N2O3S/c1-3-4-9-19(23(2,21)22)10-13(20)18-12-8-6-5-7-11(12)14(15,16)17/h5-8H,3-4,9-10H2,1-2H3,(H,18,20). The lowest BCUT2D eigenvalue weighted by molar-refractivity contribution is -0.137. The van der Waals surface area contributed by atoms with E-state index in [1.165, 1.54) is 12.1 Å². The van der Waals surface area contributed by atoms with E-state index in [2.05, 4.69) is 5.32 Å². The molecule has 0 aliphatic carbocycles. The van der Waals surface area contributed by atoms with Gasteiger partial charge >= 0.3 is 6.18 Å². The van der Waals surface area contributed by atoms with E-state index in [0.717, 1.165) is 29.1 Å². The van der Waals surface area contributed by atoms with Gasteiger partial charge < -0.3 is 5.32 Å². The molecule has 0 aliphatic heterocycles. The Morgan fingerprint density at radius 3 is 2.39 bits per heavy atom. The van der Waals surface area contributed by atoms with E-state index < -0.39 is 39.9 Å². The fourth-order valence-electron chi connectivity index (χ4n) is 1.89. The number of unbranched alkanes of at least 4 members (excludes halogenated alkanes) is 1. The highest BCUT2D eigenvalue weighted by molar-refractivity contribution is 7.88. The van der Waals surface area contributed by atoms with E-state index in [1.807, 2.05) is 6.92 Å². The number of carbonyl (C=O) groups is 1. The summed E-state index contributed by atoms with van der Waals surface area (Å²) in [6.07, 6.45) is -2.37. The maximum Gasteiger partial charge on any atom is 0.418 e. The van der Waals surface area contributed by atoms with Crippen LogP contribution in [0.3, 0.4) is 0 Å². The van der Waals surface area contributed by atoms with E-state index in [-0.39, 0.29) is 6.54 Å². The number of hydrogen-bond acceptors (Lipinski definition) is 3. The lowest BCUT2D eigenvalue weighted by Gasteiger charge is -2.20. The first-order valence-corrected chi connectivity index (χ1v) is 8.81. The van der Waals surface area contributed by atoms with Crippen LogP contribution in [-0.2, 0) is 21.0 Å². The van der Waals surface area contributed by atoms with Gasteiger partial charge in [0.05, 0.1) is 24.1 Å². The zero-order chi connectivity index (χ0) is 17.7. The molecule has 0 radical (unpaired) electrons. The lowest BCUT2D eigenvalue weighted by atomic mass is 10.1. The number of alkyl halides is 3. The average molecular weight is 352 g/mol. The minimum Gasteiger partial charge on any atom is -0.324 e. The average Bonchev–Trinajstić information content (AvgIpc) is 2.41. The van der Waals surface area contributed by atoms with Crippen molar-refractivity contribution in [3.05, 3.63) is 29.8 Å². The van der Waals surface area contributed by atoms with Gasteiger partial charge in [0.25, 0.3) is 0 Å². The number of para-hydroxylation sites is 1. The maximum atomic E-state index is 12.9. The van der Waals surface area contributed by atoms with Gasteiger partial charge in [-0.1, -0.05) is 25.5 Å². The Balaban J connectivity index is 2.88. The monoisotopic (exact) mass is 352 g/mol. The second-order valence-corrected chi connectivity index (χ2v) is 7.02. The Bertz CT molecular complexity index is 645. The van der Waals surface area contributed by atoms with Crippen molar-refractivity contribution in [1.82, 2.24) is 4.31 Å². The van der Waals surface area contributed by atoms with Crippen molar-refractivity contribution in [2.75, 3.05) is 24.7 Å². The van der Waals surface area contributed by atoms with Gasteiger partial charge in [0.15, 0.2) is 0 Å². The molecule has 9 heteroatoms. The Labute approximate surface area is 133 Å². The number of benzene rings is 1. The highest BCUT2D eigenvalue weighted by Gasteiger charge is 2.33. The molecule has 0 bridgehead atoms. The lowest BCUT2D eigenvalue weighted by Crippen LogP contribution is -2.38. The number of hydrogen-bond donors (Lipinski definition) is 1. The van der Waals surface area contributed by atoms with Crippen LogP contribution in [0.15, 0.2) is 24.3 Å². The number of amides is 1. The molecule has 0 spiro atoms. The minimum atomic E-state index is -4.61. The van der Waals surface area contributed by atoms with Crippen molar-refractivity contribution in [3.8, 4) is 0 Å². The van der Waals surface area contributed by atoms with Gasteiger partial charge in [0.1, 0.15) is 0 Å². The van der Waals surface area contributed by atoms with Crippen LogP contribution in [0.2, 0.25) is 0 Å². The molecule has 0 aromatic heterocycles. The molecule has 0 unspecified atom stereocenters. The third-order valence-corrected chi connectivity index (χ3v) is 4.31. The number of nitrogens with one attached hydrogen (secondary N) is 1. The first kappa shape index (κ1) is 19.4. The summed E-state index contributed by atoms with van der Waals surface area (Å²) in [4.78, 5) is 11.9. The van der Waals surface area contributed by atoms with Crippen LogP contribution in [0.1, 0.15) is 25.3 Å². The molecule has 1 N–H and O–H groups in total. The quantitative estimate of drug-likeness (QED) is 0.820. The number of halogens is 3. The summed E-state index contributed by atoms with van der Waals surface area (Å²) in [5.74, 6) is -0.816. The topological polar surface area (TPSA) is 66.5 Å². The Morgan fingerprint density at radius 2 is 1.87 bits per heavy atom. The van der Waals surface area contributed by atoms with E-state index in [4.69, 9.17) is 0 Å². The molecule has 1 aromatic rings. The molecule has 0 saturated carbocycles. The largest absolute Gasteiger partial charge is 0.418 e. The van der Waals surface area contributed by atoms with Gasteiger partial charge in [-0.3, -0.25) is 4.79 Å². The van der Waals surface area contributed by atoms with E-state index in [9.17, 15) is 26.4 Å². The number of anilines is 1. The third kappa shape index (κ3) is 6.19. The summed E-state index contributed by atoms with van der Waals surface area (Å²) < 4.78 is 62.8. The molecule has 0 atom stereocenters. The van der Waals surface area contributed by atoms with Crippen molar-refractivity contribution in [2.45, 2.75) is 25.9 Å². The summed E-state index contributed by atoms with van der Waals surface area (Å²) in [7, 11) is -3.61. The smallest absolute Gasteiger partial charge is 0.324 e. The maximum absolute atomic E-state index is 12.9. The van der Waals surface area contributed by atoms with Crippen molar-refractivity contribution in [2.24, 2.45) is 0 Å². The SMILES string of the molecule is CCCCN(CC(=O)Nc1ccccc1C(F)(F)F)S(C)(=O)=O. The zero-order valence-corrected chi connectivity index (χ0v) is 13.7. The third-order valence-electron chi connectivity index (χ3n) is 3.06. The second-order valence-electron chi connectivity index (χ2n) is 5.04. The first-order valence-electron chi connectivity index (χ1n) is 6.97. The van der Waals surface area contributed by atoms with Crippen molar-refractivity contribution in [3.63, 3.8) is 0 Å². The molecular formula is C14H19F3N2O3S. The van der Waals surface area contributed by atoms with Crippen LogP contribution in [-0.4, -0.2) is 38.0 Å². The number of nitrogens with zero attached hydrogens (tertiary/aromatic N) is 1. The molecule has 1 aromatic carbocycles. The summed E-state index contributed by atoms with van der Waals surface area (Å²) >= 11 is 0. The Hall–Kier alpha value is -1.61. The molecule has 5 nitrogen and oxygen atoms in total. The Morgan fingerprint density at radius 1 is 1.26 bits per heavy atom. The zero-order valence-electron chi connectivity index (χ0n) is 12.9. The predicted octanol–water partition coefficient (Wildman–Crippen LogP) is 2.71. The number of carbonyl (C=O) groups excluding carboxylic acids is 1. The molecule has 1 rings (SSSR count). The second kappa shape index (κ2) is 7.78. The van der Waals surface area contributed by atoms with Crippen LogP contribution in [0.5, 0.6) is 0 Å². The van der Waals surface area contributed by atoms with E-state index in [0.29, 0.717) is 6.42 Å². The van der Waals surface area contributed by atoms with Crippen LogP contribution < -0.4 is 5.32 Å². The van der Waals surface area contributed by atoms with Gasteiger partial charge in [-0.25, -0.2) is 8.42 Å². The highest BCUT2D eigenvalue weighted by Crippen LogP contribution is 2.34. The minimum absolute atomic E-state index is 0.143. The van der Waals surface area contributed by atoms with Crippen LogP contribution in [0.25, 0.3) is 0 Å². The first-order chi connectivity index (χ1) is 10.6. The normalized spacial score (nSPS) is 12.4. The molecule has 130 valence electrons. The fourth-order valence-corrected chi connectivity index (χ4v) is 2.70. The molecule has 0 aliphatic rings. The van der Waals surface area contributed by atoms with Crippen LogP contribution in [0.4, 0.5) is 18.9 Å². The number of sulfonamides is 1. The molecular weight excluding hydrogens is 333 g/mol. The van der Waals surface area contributed by atoms with Crippen molar-refractivity contribution in [1.29, 1.82) is 0 Å². The van der Waals surface area contributed by atoms with Gasteiger partial charge in [-0.15, -0.1) is 0 Å². The van der Waals surface area contributed by atoms with Crippen molar-refractivity contribution >= 4 is 21.6 Å². The molecule has 1 amide bonds. The highest BCUT2D eigenvalue weighted by atomic mass is 32.2. The van der Waals surface area contributed by atoms with Crippen LogP contribution >= 0.6 is 0 Å². The Kier molecular flexibility index (Phi) is 6.57. The van der Waals surface area contributed by atoms with Gasteiger partial charge in [0, 0.05) is 6.54 Å².